The number of rotatable bonds is 3. The van der Waals surface area contributed by atoms with Crippen molar-refractivity contribution in [3.05, 3.63) is 39.7 Å². The molecule has 1 aromatic carbocycles. The average molecular weight is 276 g/mol. The Bertz CT molecular complexity index is 521. The van der Waals surface area contributed by atoms with Crippen molar-refractivity contribution in [3.63, 3.8) is 0 Å². The molecule has 1 N–H and O–H groups in total. The molecule has 0 spiro atoms. The SMILES string of the molecule is Cc1nc(CNc2cc(Cl)c(F)c(Cl)c2)no1. The van der Waals surface area contributed by atoms with Crippen LogP contribution in [-0.2, 0) is 6.54 Å². The fourth-order valence-corrected chi connectivity index (χ4v) is 1.74. The largest absolute Gasteiger partial charge is 0.378 e. The Hall–Kier alpha value is -1.33. The average Bonchev–Trinajstić information content (AvgIpc) is 2.69. The lowest BCUT2D eigenvalue weighted by Crippen LogP contribution is -2.01. The second kappa shape index (κ2) is 4.89. The number of anilines is 1. The second-order valence-corrected chi connectivity index (χ2v) is 4.15. The monoisotopic (exact) mass is 275 g/mol. The van der Waals surface area contributed by atoms with Crippen molar-refractivity contribution in [2.24, 2.45) is 0 Å². The molecule has 1 heterocycles. The Balaban J connectivity index is 2.09. The maximum Gasteiger partial charge on any atom is 0.223 e. The molecule has 17 heavy (non-hydrogen) atoms. The van der Waals surface area contributed by atoms with Crippen LogP contribution in [0.2, 0.25) is 10.0 Å². The summed E-state index contributed by atoms with van der Waals surface area (Å²) in [5.74, 6) is 0.352. The number of nitrogens with zero attached hydrogens (tertiary/aromatic N) is 2. The van der Waals surface area contributed by atoms with Gasteiger partial charge in [0.15, 0.2) is 11.6 Å². The maximum atomic E-state index is 13.1. The van der Waals surface area contributed by atoms with Crippen LogP contribution in [-0.4, -0.2) is 10.1 Å². The van der Waals surface area contributed by atoms with Crippen molar-refractivity contribution in [3.8, 4) is 0 Å². The Labute approximate surface area is 107 Å². The van der Waals surface area contributed by atoms with E-state index in [2.05, 4.69) is 15.5 Å². The molecular weight excluding hydrogens is 268 g/mol. The molecule has 7 heteroatoms. The molecule has 0 saturated heterocycles. The van der Waals surface area contributed by atoms with E-state index in [-0.39, 0.29) is 10.0 Å². The van der Waals surface area contributed by atoms with Crippen molar-refractivity contribution >= 4 is 28.9 Å². The Morgan fingerprint density at radius 3 is 2.53 bits per heavy atom. The van der Waals surface area contributed by atoms with Crippen LogP contribution in [0.4, 0.5) is 10.1 Å². The van der Waals surface area contributed by atoms with Gasteiger partial charge in [0, 0.05) is 12.6 Å². The van der Waals surface area contributed by atoms with Gasteiger partial charge in [-0.15, -0.1) is 0 Å². The lowest BCUT2D eigenvalue weighted by atomic mass is 10.3. The lowest BCUT2D eigenvalue weighted by Gasteiger charge is -2.05. The third-order valence-corrected chi connectivity index (χ3v) is 2.55. The van der Waals surface area contributed by atoms with E-state index in [1.54, 1.807) is 6.92 Å². The zero-order chi connectivity index (χ0) is 12.4. The van der Waals surface area contributed by atoms with E-state index in [4.69, 9.17) is 27.7 Å². The molecule has 0 fully saturated rings. The van der Waals surface area contributed by atoms with Crippen molar-refractivity contribution in [1.29, 1.82) is 0 Å². The van der Waals surface area contributed by atoms with E-state index in [1.807, 2.05) is 0 Å². The number of hydrogen-bond acceptors (Lipinski definition) is 4. The number of halogens is 3. The number of nitrogens with one attached hydrogen (secondary N) is 1. The number of aromatic nitrogens is 2. The van der Waals surface area contributed by atoms with Crippen LogP contribution in [0.25, 0.3) is 0 Å². The quantitative estimate of drug-likeness (QED) is 0.872. The van der Waals surface area contributed by atoms with E-state index < -0.39 is 5.82 Å². The second-order valence-electron chi connectivity index (χ2n) is 3.34. The van der Waals surface area contributed by atoms with Crippen LogP contribution in [0.1, 0.15) is 11.7 Å². The van der Waals surface area contributed by atoms with Gasteiger partial charge in [-0.2, -0.15) is 4.98 Å². The summed E-state index contributed by atoms with van der Waals surface area (Å²) in [5, 5.41) is 6.59. The zero-order valence-corrected chi connectivity index (χ0v) is 10.3. The van der Waals surface area contributed by atoms with E-state index in [0.29, 0.717) is 23.9 Å². The predicted molar refractivity (Wildman–Crippen MR) is 62.8 cm³/mol. The van der Waals surface area contributed by atoms with E-state index in [1.165, 1.54) is 12.1 Å². The Morgan fingerprint density at radius 2 is 2.00 bits per heavy atom. The van der Waals surface area contributed by atoms with Crippen molar-refractivity contribution < 1.29 is 8.91 Å². The number of aryl methyl sites for hydroxylation is 1. The molecule has 0 amide bonds. The van der Waals surface area contributed by atoms with Crippen LogP contribution >= 0.6 is 23.2 Å². The Kier molecular flexibility index (Phi) is 3.49. The van der Waals surface area contributed by atoms with Gasteiger partial charge in [-0.25, -0.2) is 4.39 Å². The summed E-state index contributed by atoms with van der Waals surface area (Å²) in [4.78, 5) is 4.01. The molecule has 90 valence electrons. The van der Waals surface area contributed by atoms with Gasteiger partial charge in [0.1, 0.15) is 0 Å². The van der Waals surface area contributed by atoms with Crippen LogP contribution in [0.5, 0.6) is 0 Å². The molecule has 0 aliphatic carbocycles. The normalized spacial score (nSPS) is 10.6. The molecule has 1 aromatic heterocycles. The topological polar surface area (TPSA) is 51.0 Å². The highest BCUT2D eigenvalue weighted by Gasteiger charge is 2.08. The highest BCUT2D eigenvalue weighted by molar-refractivity contribution is 6.35. The van der Waals surface area contributed by atoms with E-state index in [0.717, 1.165) is 0 Å². The van der Waals surface area contributed by atoms with Gasteiger partial charge < -0.3 is 9.84 Å². The number of hydrogen-bond donors (Lipinski definition) is 1. The van der Waals surface area contributed by atoms with Crippen LogP contribution in [0.3, 0.4) is 0 Å². The third kappa shape index (κ3) is 2.87. The summed E-state index contributed by atoms with van der Waals surface area (Å²) in [7, 11) is 0. The molecule has 0 atom stereocenters. The number of benzene rings is 1. The van der Waals surface area contributed by atoms with Gasteiger partial charge in [0.2, 0.25) is 5.89 Å². The summed E-state index contributed by atoms with van der Waals surface area (Å²) in [6, 6.07) is 2.88. The first-order valence-corrected chi connectivity index (χ1v) is 5.49. The molecule has 0 radical (unpaired) electrons. The van der Waals surface area contributed by atoms with Crippen molar-refractivity contribution in [1.82, 2.24) is 10.1 Å². The van der Waals surface area contributed by atoms with E-state index in [9.17, 15) is 4.39 Å². The van der Waals surface area contributed by atoms with Crippen molar-refractivity contribution in [2.75, 3.05) is 5.32 Å². The summed E-state index contributed by atoms with van der Waals surface area (Å²) < 4.78 is 18.0. The third-order valence-electron chi connectivity index (χ3n) is 2.00. The highest BCUT2D eigenvalue weighted by atomic mass is 35.5. The smallest absolute Gasteiger partial charge is 0.223 e. The molecule has 0 aliphatic heterocycles. The minimum absolute atomic E-state index is 0.0377. The molecule has 2 rings (SSSR count). The fourth-order valence-electron chi connectivity index (χ4n) is 1.25. The standard InChI is InChI=1S/C10H8Cl2FN3O/c1-5-15-9(16-17-5)4-14-6-2-7(11)10(13)8(12)3-6/h2-3,14H,4H2,1H3. The van der Waals surface area contributed by atoms with Crippen LogP contribution < -0.4 is 5.32 Å². The molecule has 2 aromatic rings. The molecule has 0 bridgehead atoms. The van der Waals surface area contributed by atoms with Crippen LogP contribution in [0, 0.1) is 12.7 Å². The Morgan fingerprint density at radius 1 is 1.35 bits per heavy atom. The first-order valence-electron chi connectivity index (χ1n) is 4.74. The zero-order valence-electron chi connectivity index (χ0n) is 8.80. The van der Waals surface area contributed by atoms with Gasteiger partial charge in [-0.05, 0) is 12.1 Å². The molecular formula is C10H8Cl2FN3O. The highest BCUT2D eigenvalue weighted by Crippen LogP contribution is 2.27. The molecule has 4 nitrogen and oxygen atoms in total. The summed E-state index contributed by atoms with van der Waals surface area (Å²) in [6.45, 7) is 2.04. The van der Waals surface area contributed by atoms with Crippen LogP contribution in [0.15, 0.2) is 16.7 Å². The molecule has 0 saturated carbocycles. The van der Waals surface area contributed by atoms with Gasteiger partial charge in [-0.3, -0.25) is 0 Å². The maximum absolute atomic E-state index is 13.1. The first-order chi connectivity index (χ1) is 8.06. The van der Waals surface area contributed by atoms with Gasteiger partial charge in [0.05, 0.1) is 16.6 Å². The van der Waals surface area contributed by atoms with Gasteiger partial charge >= 0.3 is 0 Å². The molecule has 0 unspecified atom stereocenters. The first kappa shape index (κ1) is 12.1. The van der Waals surface area contributed by atoms with E-state index >= 15 is 0 Å². The summed E-state index contributed by atoms with van der Waals surface area (Å²) in [6.07, 6.45) is 0. The predicted octanol–water partition coefficient (Wildman–Crippen LogP) is 3.44. The van der Waals surface area contributed by atoms with Crippen molar-refractivity contribution in [2.45, 2.75) is 13.5 Å². The lowest BCUT2D eigenvalue weighted by molar-refractivity contribution is 0.388. The molecule has 0 aliphatic rings. The minimum Gasteiger partial charge on any atom is -0.378 e. The fraction of sp³-hybridized carbons (Fsp3) is 0.200. The summed E-state index contributed by atoms with van der Waals surface area (Å²) >= 11 is 11.3. The minimum atomic E-state index is -0.630. The van der Waals surface area contributed by atoms with Gasteiger partial charge in [-0.1, -0.05) is 28.4 Å². The van der Waals surface area contributed by atoms with Gasteiger partial charge in [0.25, 0.3) is 0 Å². The summed E-state index contributed by atoms with van der Waals surface area (Å²) in [5.41, 5.74) is 0.587.